The predicted octanol–water partition coefficient (Wildman–Crippen LogP) is 2.57. The number of hydrogen-bond acceptors (Lipinski definition) is 3. The summed E-state index contributed by atoms with van der Waals surface area (Å²) in [5.41, 5.74) is 5.11. The van der Waals surface area contributed by atoms with Gasteiger partial charge in [0.1, 0.15) is 11.8 Å². The molecule has 3 nitrogen and oxygen atoms in total. The molecule has 0 spiro atoms. The van der Waals surface area contributed by atoms with Crippen LogP contribution in [0.3, 0.4) is 0 Å². The van der Waals surface area contributed by atoms with Gasteiger partial charge in [0, 0.05) is 10.9 Å². The molecular formula is C12H15BrN2O. The van der Waals surface area contributed by atoms with Crippen LogP contribution in [0.5, 0.6) is 0 Å². The van der Waals surface area contributed by atoms with Crippen LogP contribution in [0.25, 0.3) is 0 Å². The van der Waals surface area contributed by atoms with Crippen molar-refractivity contribution in [3.05, 3.63) is 45.6 Å². The third kappa shape index (κ3) is 2.29. The van der Waals surface area contributed by atoms with E-state index in [-0.39, 0.29) is 6.04 Å². The molecule has 3 N–H and O–H groups in total. The Labute approximate surface area is 104 Å². The van der Waals surface area contributed by atoms with Gasteiger partial charge < -0.3 is 4.74 Å². The molecule has 0 saturated heterocycles. The van der Waals surface area contributed by atoms with E-state index in [1.165, 1.54) is 5.56 Å². The lowest BCUT2D eigenvalue weighted by Crippen LogP contribution is -2.29. The van der Waals surface area contributed by atoms with Crippen molar-refractivity contribution in [2.24, 2.45) is 5.84 Å². The molecule has 16 heavy (non-hydrogen) atoms. The third-order valence-corrected chi connectivity index (χ3v) is 3.57. The molecular weight excluding hydrogens is 268 g/mol. The van der Waals surface area contributed by atoms with Gasteiger partial charge in [0.2, 0.25) is 0 Å². The van der Waals surface area contributed by atoms with Crippen LogP contribution in [-0.2, 0) is 4.74 Å². The second-order valence-corrected chi connectivity index (χ2v) is 4.71. The van der Waals surface area contributed by atoms with Gasteiger partial charge in [-0.15, -0.1) is 0 Å². The van der Waals surface area contributed by atoms with Gasteiger partial charge in [-0.25, -0.2) is 5.43 Å². The van der Waals surface area contributed by atoms with Crippen molar-refractivity contribution in [1.82, 2.24) is 5.43 Å². The van der Waals surface area contributed by atoms with Crippen LogP contribution in [0.4, 0.5) is 0 Å². The first-order valence-electron chi connectivity index (χ1n) is 5.27. The van der Waals surface area contributed by atoms with Crippen molar-refractivity contribution < 1.29 is 4.74 Å². The number of rotatable bonds is 3. The van der Waals surface area contributed by atoms with Crippen LogP contribution in [0.15, 0.2) is 34.5 Å². The van der Waals surface area contributed by atoms with Gasteiger partial charge in [-0.1, -0.05) is 28.1 Å². The number of ether oxygens (including phenoxy) is 1. The number of aryl methyl sites for hydroxylation is 1. The molecule has 0 bridgehead atoms. The fourth-order valence-electron chi connectivity index (χ4n) is 1.77. The van der Waals surface area contributed by atoms with Crippen LogP contribution in [0, 0.1) is 6.92 Å². The SMILES string of the molecule is Cc1ccc(C(NN)C2=CCCO2)cc1Br. The highest BCUT2D eigenvalue weighted by Gasteiger charge is 2.19. The van der Waals surface area contributed by atoms with Crippen molar-refractivity contribution in [3.63, 3.8) is 0 Å². The molecule has 0 aromatic heterocycles. The van der Waals surface area contributed by atoms with Gasteiger partial charge in [-0.2, -0.15) is 0 Å². The van der Waals surface area contributed by atoms with Gasteiger partial charge in [0.25, 0.3) is 0 Å². The lowest BCUT2D eigenvalue weighted by atomic mass is 10.0. The zero-order valence-corrected chi connectivity index (χ0v) is 10.8. The van der Waals surface area contributed by atoms with Crippen LogP contribution in [0.2, 0.25) is 0 Å². The summed E-state index contributed by atoms with van der Waals surface area (Å²) in [5, 5.41) is 0. The minimum atomic E-state index is -0.0561. The van der Waals surface area contributed by atoms with Crippen molar-refractivity contribution in [1.29, 1.82) is 0 Å². The molecule has 0 radical (unpaired) electrons. The summed E-state index contributed by atoms with van der Waals surface area (Å²) < 4.78 is 6.62. The highest BCUT2D eigenvalue weighted by Crippen LogP contribution is 2.28. The fraction of sp³-hybridized carbons (Fsp3) is 0.333. The summed E-state index contributed by atoms with van der Waals surface area (Å²) in [4.78, 5) is 0. The Morgan fingerprint density at radius 1 is 1.50 bits per heavy atom. The molecule has 0 saturated carbocycles. The number of halogens is 1. The van der Waals surface area contributed by atoms with Crippen molar-refractivity contribution in [3.8, 4) is 0 Å². The number of hydrogen-bond donors (Lipinski definition) is 2. The van der Waals surface area contributed by atoms with E-state index in [1.807, 2.05) is 0 Å². The molecule has 0 fully saturated rings. The Hall–Kier alpha value is -0.840. The lowest BCUT2D eigenvalue weighted by Gasteiger charge is -2.18. The van der Waals surface area contributed by atoms with Crippen LogP contribution in [0.1, 0.15) is 23.6 Å². The molecule has 1 atom stereocenters. The van der Waals surface area contributed by atoms with E-state index in [0.29, 0.717) is 0 Å². The molecule has 2 rings (SSSR count). The van der Waals surface area contributed by atoms with E-state index in [2.05, 4.69) is 52.6 Å². The second kappa shape index (κ2) is 4.99. The number of nitrogens with one attached hydrogen (secondary N) is 1. The van der Waals surface area contributed by atoms with Gasteiger partial charge >= 0.3 is 0 Å². The van der Waals surface area contributed by atoms with E-state index in [9.17, 15) is 0 Å². The Balaban J connectivity index is 2.29. The fourth-order valence-corrected chi connectivity index (χ4v) is 2.17. The van der Waals surface area contributed by atoms with Crippen LogP contribution >= 0.6 is 15.9 Å². The van der Waals surface area contributed by atoms with Crippen molar-refractivity contribution in [2.75, 3.05) is 6.61 Å². The largest absolute Gasteiger partial charge is 0.496 e. The summed E-state index contributed by atoms with van der Waals surface area (Å²) in [6, 6.07) is 6.15. The van der Waals surface area contributed by atoms with E-state index < -0.39 is 0 Å². The van der Waals surface area contributed by atoms with Gasteiger partial charge in [-0.05, 0) is 30.2 Å². The number of nitrogens with two attached hydrogens (primary N) is 1. The smallest absolute Gasteiger partial charge is 0.115 e. The minimum Gasteiger partial charge on any atom is -0.496 e. The molecule has 1 unspecified atom stereocenters. The topological polar surface area (TPSA) is 47.3 Å². The molecule has 1 aromatic rings. The van der Waals surface area contributed by atoms with Gasteiger partial charge in [-0.3, -0.25) is 5.84 Å². The monoisotopic (exact) mass is 282 g/mol. The highest BCUT2D eigenvalue weighted by atomic mass is 79.9. The minimum absolute atomic E-state index is 0.0561. The highest BCUT2D eigenvalue weighted by molar-refractivity contribution is 9.10. The number of hydrazine groups is 1. The molecule has 1 heterocycles. The third-order valence-electron chi connectivity index (χ3n) is 2.71. The molecule has 1 aliphatic heterocycles. The van der Waals surface area contributed by atoms with Crippen LogP contribution in [-0.4, -0.2) is 6.61 Å². The summed E-state index contributed by atoms with van der Waals surface area (Å²) >= 11 is 3.52. The summed E-state index contributed by atoms with van der Waals surface area (Å²) in [5.74, 6) is 6.50. The molecule has 1 aromatic carbocycles. The van der Waals surface area contributed by atoms with E-state index in [1.54, 1.807) is 0 Å². The normalized spacial score (nSPS) is 16.8. The maximum atomic E-state index is 5.59. The standard InChI is InChI=1S/C12H15BrN2O/c1-8-4-5-9(7-10(8)13)12(15-14)11-3-2-6-16-11/h3-5,7,12,15H,2,6,14H2,1H3. The van der Waals surface area contributed by atoms with E-state index in [4.69, 9.17) is 10.6 Å². The van der Waals surface area contributed by atoms with Crippen LogP contribution < -0.4 is 11.3 Å². The average Bonchev–Trinajstić information content (AvgIpc) is 2.78. The first-order chi connectivity index (χ1) is 7.72. The summed E-state index contributed by atoms with van der Waals surface area (Å²) in [6.07, 6.45) is 3.04. The van der Waals surface area contributed by atoms with Gasteiger partial charge in [0.15, 0.2) is 0 Å². The summed E-state index contributed by atoms with van der Waals surface area (Å²) in [7, 11) is 0. The Kier molecular flexibility index (Phi) is 3.63. The average molecular weight is 283 g/mol. The number of benzene rings is 1. The van der Waals surface area contributed by atoms with Crippen molar-refractivity contribution in [2.45, 2.75) is 19.4 Å². The maximum absolute atomic E-state index is 5.59. The quantitative estimate of drug-likeness (QED) is 0.662. The second-order valence-electron chi connectivity index (χ2n) is 3.85. The zero-order chi connectivity index (χ0) is 11.5. The molecule has 86 valence electrons. The first kappa shape index (κ1) is 11.6. The molecule has 0 amide bonds. The maximum Gasteiger partial charge on any atom is 0.115 e. The van der Waals surface area contributed by atoms with Gasteiger partial charge in [0.05, 0.1) is 6.61 Å². The van der Waals surface area contributed by atoms with E-state index in [0.717, 1.165) is 28.8 Å². The Morgan fingerprint density at radius 2 is 2.31 bits per heavy atom. The van der Waals surface area contributed by atoms with Crippen molar-refractivity contribution >= 4 is 15.9 Å². The molecule has 0 aliphatic carbocycles. The Morgan fingerprint density at radius 3 is 2.88 bits per heavy atom. The lowest BCUT2D eigenvalue weighted by molar-refractivity contribution is 0.215. The molecule has 1 aliphatic rings. The predicted molar refractivity (Wildman–Crippen MR) is 67.6 cm³/mol. The zero-order valence-electron chi connectivity index (χ0n) is 9.16. The van der Waals surface area contributed by atoms with E-state index >= 15 is 0 Å². The molecule has 4 heteroatoms. The first-order valence-corrected chi connectivity index (χ1v) is 6.06. The Bertz CT molecular complexity index is 417. The summed E-state index contributed by atoms with van der Waals surface area (Å²) in [6.45, 7) is 2.81.